The molecule has 0 fully saturated rings. The maximum Gasteiger partial charge on any atom is 0.303 e. The molecule has 0 saturated heterocycles. The summed E-state index contributed by atoms with van der Waals surface area (Å²) in [6.07, 6.45) is 16.6. The standard InChI is InChI=1S/C12H24O2.C9H16O4.C6H14O3/c1-2-3-4-5-6-7-8-9-10-11-12(13)14;10-8(11)6-4-2-1-3-5-7-9(12)13;1-2-6(3-7,4-8)5-9/h2-11H2,1H3,(H,13,14);1-7H2,(H,10,11)(H,12,13);7-9H,2-5H2,1H3. The average molecular weight is 523 g/mol. The molecule has 0 rings (SSSR count). The summed E-state index contributed by atoms with van der Waals surface area (Å²) in [7, 11) is 0. The van der Waals surface area contributed by atoms with E-state index in [-0.39, 0.29) is 32.7 Å². The van der Waals surface area contributed by atoms with Gasteiger partial charge in [-0.2, -0.15) is 0 Å². The molecule has 0 heterocycles. The van der Waals surface area contributed by atoms with Crippen LogP contribution in [0.2, 0.25) is 0 Å². The van der Waals surface area contributed by atoms with Gasteiger partial charge in [-0.15, -0.1) is 0 Å². The molecule has 0 amide bonds. The van der Waals surface area contributed by atoms with E-state index in [1.165, 1.54) is 44.9 Å². The number of carbonyl (C=O) groups is 3. The van der Waals surface area contributed by atoms with Gasteiger partial charge in [0.25, 0.3) is 0 Å². The highest BCUT2D eigenvalue weighted by Crippen LogP contribution is 2.18. The molecule has 0 aliphatic heterocycles. The summed E-state index contributed by atoms with van der Waals surface area (Å²) in [5.74, 6) is -2.18. The van der Waals surface area contributed by atoms with Crippen molar-refractivity contribution in [3.05, 3.63) is 0 Å². The first-order chi connectivity index (χ1) is 17.1. The number of aliphatic hydroxyl groups is 3. The minimum Gasteiger partial charge on any atom is -0.481 e. The van der Waals surface area contributed by atoms with Crippen LogP contribution in [0, 0.1) is 5.41 Å². The molecular weight excluding hydrogens is 468 g/mol. The lowest BCUT2D eigenvalue weighted by molar-refractivity contribution is -0.138. The van der Waals surface area contributed by atoms with Crippen molar-refractivity contribution >= 4 is 17.9 Å². The predicted octanol–water partition coefficient (Wildman–Crippen LogP) is 5.24. The Kier molecular flexibility index (Phi) is 31.8. The third-order valence-electron chi connectivity index (χ3n) is 6.03. The number of carboxylic acid groups (broad SMARTS) is 3. The van der Waals surface area contributed by atoms with Gasteiger partial charge < -0.3 is 30.6 Å². The summed E-state index contributed by atoms with van der Waals surface area (Å²) in [5.41, 5.74) is -0.667. The van der Waals surface area contributed by atoms with Crippen LogP contribution in [0.5, 0.6) is 0 Å². The monoisotopic (exact) mass is 522 g/mol. The SMILES string of the molecule is CCC(CO)(CO)CO.CCCCCCCCCCCC(=O)O.O=C(O)CCCCCCCC(=O)O. The molecule has 0 bridgehead atoms. The summed E-state index contributed by atoms with van der Waals surface area (Å²) in [6, 6.07) is 0. The van der Waals surface area contributed by atoms with Crippen LogP contribution in [0.15, 0.2) is 0 Å². The normalized spacial score (nSPS) is 10.6. The minimum atomic E-state index is -0.759. The zero-order chi connectivity index (χ0) is 28.1. The molecule has 0 atom stereocenters. The lowest BCUT2D eigenvalue weighted by atomic mass is 9.88. The lowest BCUT2D eigenvalue weighted by Gasteiger charge is -2.24. The van der Waals surface area contributed by atoms with Crippen LogP contribution in [0.1, 0.15) is 129 Å². The average Bonchev–Trinajstić information content (AvgIpc) is 2.84. The fourth-order valence-electron chi connectivity index (χ4n) is 3.16. The second-order valence-corrected chi connectivity index (χ2v) is 9.36. The van der Waals surface area contributed by atoms with E-state index in [1.807, 2.05) is 6.92 Å². The second-order valence-electron chi connectivity index (χ2n) is 9.36. The predicted molar refractivity (Wildman–Crippen MR) is 141 cm³/mol. The van der Waals surface area contributed by atoms with Crippen LogP contribution < -0.4 is 0 Å². The van der Waals surface area contributed by atoms with Crippen molar-refractivity contribution in [3.63, 3.8) is 0 Å². The van der Waals surface area contributed by atoms with Gasteiger partial charge in [0, 0.05) is 24.7 Å². The van der Waals surface area contributed by atoms with Crippen molar-refractivity contribution in [2.45, 2.75) is 129 Å². The van der Waals surface area contributed by atoms with Crippen LogP contribution in [-0.2, 0) is 14.4 Å². The fraction of sp³-hybridized carbons (Fsp3) is 0.889. The van der Waals surface area contributed by atoms with E-state index in [0.717, 1.165) is 32.1 Å². The number of hydrogen-bond donors (Lipinski definition) is 6. The Morgan fingerprint density at radius 3 is 0.889 bits per heavy atom. The van der Waals surface area contributed by atoms with Crippen LogP contribution in [0.3, 0.4) is 0 Å². The van der Waals surface area contributed by atoms with Gasteiger partial charge in [-0.1, -0.05) is 84.5 Å². The maximum atomic E-state index is 10.2. The van der Waals surface area contributed by atoms with Gasteiger partial charge >= 0.3 is 17.9 Å². The second kappa shape index (κ2) is 29.5. The van der Waals surface area contributed by atoms with Crippen molar-refractivity contribution in [2.75, 3.05) is 19.8 Å². The van der Waals surface area contributed by atoms with Gasteiger partial charge in [-0.25, -0.2) is 0 Å². The summed E-state index contributed by atoms with van der Waals surface area (Å²) >= 11 is 0. The molecule has 0 aliphatic rings. The molecule has 0 radical (unpaired) electrons. The molecule has 0 unspecified atom stereocenters. The van der Waals surface area contributed by atoms with Crippen molar-refractivity contribution in [1.82, 2.24) is 0 Å². The van der Waals surface area contributed by atoms with Crippen molar-refractivity contribution in [2.24, 2.45) is 5.41 Å². The largest absolute Gasteiger partial charge is 0.481 e. The fourth-order valence-corrected chi connectivity index (χ4v) is 3.16. The van der Waals surface area contributed by atoms with Crippen LogP contribution >= 0.6 is 0 Å². The van der Waals surface area contributed by atoms with Gasteiger partial charge in [0.05, 0.1) is 19.8 Å². The first-order valence-corrected chi connectivity index (χ1v) is 13.6. The maximum absolute atomic E-state index is 10.2. The summed E-state index contributed by atoms with van der Waals surface area (Å²) in [5, 5.41) is 51.0. The molecule has 216 valence electrons. The van der Waals surface area contributed by atoms with E-state index in [4.69, 9.17) is 30.6 Å². The third kappa shape index (κ3) is 32.3. The number of carboxylic acids is 3. The summed E-state index contributed by atoms with van der Waals surface area (Å²) in [6.45, 7) is 3.58. The van der Waals surface area contributed by atoms with E-state index in [1.54, 1.807) is 0 Å². The molecule has 36 heavy (non-hydrogen) atoms. The molecule has 0 aromatic carbocycles. The molecule has 6 N–H and O–H groups in total. The minimum absolute atomic E-state index is 0.156. The Hall–Kier alpha value is -1.71. The molecule has 9 heteroatoms. The number of rotatable bonds is 22. The molecule has 9 nitrogen and oxygen atoms in total. The van der Waals surface area contributed by atoms with Crippen molar-refractivity contribution in [3.8, 4) is 0 Å². The molecular formula is C27H54O9. The topological polar surface area (TPSA) is 173 Å². The first-order valence-electron chi connectivity index (χ1n) is 13.6. The molecule has 0 aromatic rings. The van der Waals surface area contributed by atoms with Crippen LogP contribution in [0.25, 0.3) is 0 Å². The highest BCUT2D eigenvalue weighted by molar-refractivity contribution is 5.67. The van der Waals surface area contributed by atoms with Gasteiger partial charge in [-0.05, 0) is 25.7 Å². The Morgan fingerprint density at radius 1 is 0.472 bits per heavy atom. The third-order valence-corrected chi connectivity index (χ3v) is 6.03. The van der Waals surface area contributed by atoms with Crippen LogP contribution in [-0.4, -0.2) is 68.4 Å². The van der Waals surface area contributed by atoms with E-state index in [2.05, 4.69) is 6.92 Å². The number of hydrogen-bond acceptors (Lipinski definition) is 6. The van der Waals surface area contributed by atoms with Gasteiger partial charge in [0.2, 0.25) is 0 Å². The zero-order valence-electron chi connectivity index (χ0n) is 22.8. The van der Waals surface area contributed by atoms with Crippen molar-refractivity contribution < 1.29 is 45.0 Å². The molecule has 0 saturated carbocycles. The molecule has 0 aliphatic carbocycles. The number of aliphatic carboxylic acids is 3. The van der Waals surface area contributed by atoms with Gasteiger partial charge in [0.15, 0.2) is 0 Å². The number of aliphatic hydroxyl groups excluding tert-OH is 3. The lowest BCUT2D eigenvalue weighted by Crippen LogP contribution is -2.32. The first kappa shape index (κ1) is 38.8. The smallest absolute Gasteiger partial charge is 0.303 e. The Labute approximate surface area is 217 Å². The van der Waals surface area contributed by atoms with Crippen LogP contribution in [0.4, 0.5) is 0 Å². The Bertz CT molecular complexity index is 470. The van der Waals surface area contributed by atoms with Crippen molar-refractivity contribution in [1.29, 1.82) is 0 Å². The molecule has 0 aromatic heterocycles. The van der Waals surface area contributed by atoms with E-state index < -0.39 is 23.3 Å². The van der Waals surface area contributed by atoms with E-state index in [0.29, 0.717) is 25.7 Å². The summed E-state index contributed by atoms with van der Waals surface area (Å²) in [4.78, 5) is 30.4. The molecule has 0 spiro atoms. The summed E-state index contributed by atoms with van der Waals surface area (Å²) < 4.78 is 0. The van der Waals surface area contributed by atoms with Gasteiger partial charge in [0.1, 0.15) is 0 Å². The van der Waals surface area contributed by atoms with E-state index in [9.17, 15) is 14.4 Å². The quantitative estimate of drug-likeness (QED) is 0.104. The Morgan fingerprint density at radius 2 is 0.722 bits per heavy atom. The number of unbranched alkanes of at least 4 members (excludes halogenated alkanes) is 12. The van der Waals surface area contributed by atoms with Gasteiger partial charge in [-0.3, -0.25) is 14.4 Å². The highest BCUT2D eigenvalue weighted by atomic mass is 16.4. The highest BCUT2D eigenvalue weighted by Gasteiger charge is 2.24. The Balaban J connectivity index is -0.000000465. The van der Waals surface area contributed by atoms with E-state index >= 15 is 0 Å². The zero-order valence-corrected chi connectivity index (χ0v) is 22.8.